The fraction of sp³-hybridized carbons (Fsp3) is 0.846. The highest BCUT2D eigenvalue weighted by Gasteiger charge is 2.64. The van der Waals surface area contributed by atoms with E-state index < -0.39 is 41.3 Å². The van der Waals surface area contributed by atoms with Crippen LogP contribution in [0.5, 0.6) is 0 Å². The third-order valence-electron chi connectivity index (χ3n) is 3.33. The summed E-state index contributed by atoms with van der Waals surface area (Å²) in [6.45, 7) is 3.52. The molecule has 1 unspecified atom stereocenters. The maximum absolute atomic E-state index is 14.4. The summed E-state index contributed by atoms with van der Waals surface area (Å²) in [6.07, 6.45) is 1.25. The zero-order chi connectivity index (χ0) is 19.7. The van der Waals surface area contributed by atoms with Gasteiger partial charge >= 0.3 is 10.6 Å². The smallest absolute Gasteiger partial charge is 0.458 e. The number of rotatable bonds is 5. The summed E-state index contributed by atoms with van der Waals surface area (Å²) in [5.41, 5.74) is -1.25. The van der Waals surface area contributed by atoms with E-state index >= 15 is 0 Å². The van der Waals surface area contributed by atoms with Crippen molar-refractivity contribution in [2.45, 2.75) is 55.5 Å². The Morgan fingerprint density at radius 1 is 1.12 bits per heavy atom. The number of carbonyl (C=O) groups excluding carboxylic acids is 1. The van der Waals surface area contributed by atoms with Gasteiger partial charge in [-0.05, 0) is 33.6 Å². The predicted octanol–water partition coefficient (Wildman–Crippen LogP) is 1.00. The van der Waals surface area contributed by atoms with Crippen molar-refractivity contribution < 1.29 is 35.1 Å². The minimum atomic E-state index is -6.03. The molecule has 1 aliphatic rings. The molecule has 0 aromatic heterocycles. The Bertz CT molecular complexity index is 759. The molecule has 1 heterocycles. The van der Waals surface area contributed by atoms with Crippen LogP contribution in [0, 0.1) is 11.3 Å². The maximum Gasteiger partial charge on any atom is 0.460 e. The van der Waals surface area contributed by atoms with Gasteiger partial charge in [-0.1, -0.05) is 6.42 Å². The number of halogens is 2. The molecule has 1 atom stereocenters. The van der Waals surface area contributed by atoms with E-state index in [1.807, 2.05) is 0 Å². The molecule has 12 heteroatoms. The number of hydrogen-bond acceptors (Lipinski definition) is 7. The maximum atomic E-state index is 14.4. The van der Waals surface area contributed by atoms with E-state index in [4.69, 9.17) is 5.26 Å². The second kappa shape index (κ2) is 7.13. The van der Waals surface area contributed by atoms with Crippen molar-refractivity contribution in [1.82, 2.24) is 4.31 Å². The molecule has 0 radical (unpaired) electrons. The number of carbonyl (C=O) groups is 1. The average Bonchev–Trinajstić information content (AvgIpc) is 2.46. The molecule has 0 saturated carbocycles. The molecule has 144 valence electrons. The summed E-state index contributed by atoms with van der Waals surface area (Å²) in [6, 6.07) is 0.920. The van der Waals surface area contributed by atoms with Crippen LogP contribution in [0.4, 0.5) is 8.78 Å². The van der Waals surface area contributed by atoms with E-state index in [0.717, 1.165) is 6.07 Å². The number of nitrogens with zero attached hydrogens (tertiary/aromatic N) is 2. The number of sulfonamides is 1. The molecule has 0 bridgehead atoms. The number of alkyl halides is 2. The van der Waals surface area contributed by atoms with Crippen LogP contribution in [0.1, 0.15) is 40.0 Å². The Morgan fingerprint density at radius 3 is 2.00 bits per heavy atom. The van der Waals surface area contributed by atoms with Gasteiger partial charge in [0.2, 0.25) is 0 Å². The van der Waals surface area contributed by atoms with Crippen LogP contribution in [0.3, 0.4) is 0 Å². The molecule has 0 aromatic rings. The second-order valence-electron chi connectivity index (χ2n) is 6.52. The van der Waals surface area contributed by atoms with Crippen LogP contribution in [-0.2, 0) is 29.4 Å². The third kappa shape index (κ3) is 4.27. The number of piperidine rings is 1. The van der Waals surface area contributed by atoms with E-state index in [9.17, 15) is 30.4 Å². The second-order valence-corrected chi connectivity index (χ2v) is 10.8. The summed E-state index contributed by atoms with van der Waals surface area (Å²) < 4.78 is 77.0. The quantitative estimate of drug-likeness (QED) is 0.629. The Kier molecular flexibility index (Phi) is 6.19. The van der Waals surface area contributed by atoms with Crippen molar-refractivity contribution in [3.63, 3.8) is 0 Å². The zero-order valence-corrected chi connectivity index (χ0v) is 15.7. The van der Waals surface area contributed by atoms with Crippen LogP contribution < -0.4 is 0 Å². The topological polar surface area (TPSA) is 122 Å². The molecular weight excluding hydrogens is 382 g/mol. The molecule has 25 heavy (non-hydrogen) atoms. The summed E-state index contributed by atoms with van der Waals surface area (Å²) in [5, 5.41) is 5.94. The van der Waals surface area contributed by atoms with Gasteiger partial charge in [-0.3, -0.25) is 0 Å². The lowest BCUT2D eigenvalue weighted by Gasteiger charge is -2.30. The molecule has 0 aromatic carbocycles. The summed E-state index contributed by atoms with van der Waals surface area (Å²) in [4.78, 5) is 11.8. The van der Waals surface area contributed by atoms with Gasteiger partial charge in [0.25, 0.3) is 25.1 Å². The van der Waals surface area contributed by atoms with Crippen molar-refractivity contribution >= 4 is 25.8 Å². The highest BCUT2D eigenvalue weighted by atomic mass is 32.3. The number of esters is 1. The van der Waals surface area contributed by atoms with Crippen LogP contribution in [-0.4, -0.2) is 55.6 Å². The van der Waals surface area contributed by atoms with Crippen molar-refractivity contribution in [2.75, 3.05) is 13.1 Å². The highest BCUT2D eigenvalue weighted by Crippen LogP contribution is 2.36. The largest absolute Gasteiger partial charge is 0.460 e. The molecule has 0 aliphatic carbocycles. The first kappa shape index (κ1) is 21.7. The summed E-state index contributed by atoms with van der Waals surface area (Å²) in [5.74, 6) is -1.75. The lowest BCUT2D eigenvalue weighted by Crippen LogP contribution is -2.53. The van der Waals surface area contributed by atoms with Crippen molar-refractivity contribution in [1.29, 1.82) is 5.26 Å². The van der Waals surface area contributed by atoms with Gasteiger partial charge in [0.15, 0.2) is 0 Å². The first-order chi connectivity index (χ1) is 11.2. The number of nitriles is 1. The summed E-state index contributed by atoms with van der Waals surface area (Å²) in [7, 11) is -11.6. The zero-order valence-electron chi connectivity index (χ0n) is 14.0. The molecule has 1 aliphatic heterocycles. The average molecular weight is 402 g/mol. The predicted molar refractivity (Wildman–Crippen MR) is 83.5 cm³/mol. The Hall–Kier alpha value is -1.32. The molecule has 0 amide bonds. The fourth-order valence-corrected chi connectivity index (χ4v) is 5.68. The van der Waals surface area contributed by atoms with Crippen LogP contribution in [0.2, 0.25) is 0 Å². The first-order valence-electron chi connectivity index (χ1n) is 7.42. The van der Waals surface area contributed by atoms with Gasteiger partial charge in [0.05, 0.1) is 6.07 Å². The molecule has 0 N–H and O–H groups in total. The number of ether oxygens (including phenoxy) is 1. The summed E-state index contributed by atoms with van der Waals surface area (Å²) >= 11 is 0. The minimum Gasteiger partial charge on any atom is -0.458 e. The highest BCUT2D eigenvalue weighted by molar-refractivity contribution is 8.09. The fourth-order valence-electron chi connectivity index (χ4n) is 2.14. The van der Waals surface area contributed by atoms with E-state index in [1.54, 1.807) is 0 Å². The van der Waals surface area contributed by atoms with Crippen LogP contribution >= 0.6 is 0 Å². The van der Waals surface area contributed by atoms with E-state index in [-0.39, 0.29) is 13.1 Å². The van der Waals surface area contributed by atoms with Gasteiger partial charge in [-0.25, -0.2) is 21.6 Å². The Balaban J connectivity index is 3.28. The number of sulfone groups is 1. The Labute approximate surface area is 145 Å². The molecular formula is C13H20F2N2O6S2. The molecule has 1 rings (SSSR count). The Morgan fingerprint density at radius 2 is 1.60 bits per heavy atom. The standard InChI is InChI=1S/C13H20F2N2O6S2/c1-12(2,3)23-11(18)10(9-16)24(19,20)13(14,15)25(21,22)17-7-5-4-6-8-17/h10H,4-8H2,1-3H3. The van der Waals surface area contributed by atoms with Gasteiger partial charge in [-0.2, -0.15) is 18.3 Å². The van der Waals surface area contributed by atoms with Gasteiger partial charge in [0, 0.05) is 13.1 Å². The SMILES string of the molecule is CC(C)(C)OC(=O)C(C#N)S(=O)(=O)C(F)(F)S(=O)(=O)N1CCCCC1. The van der Waals surface area contributed by atoms with Crippen molar-refractivity contribution in [3.8, 4) is 6.07 Å². The molecule has 8 nitrogen and oxygen atoms in total. The van der Waals surface area contributed by atoms with Crippen molar-refractivity contribution in [3.05, 3.63) is 0 Å². The first-order valence-corrected chi connectivity index (χ1v) is 10.4. The molecule has 1 fully saturated rings. The lowest BCUT2D eigenvalue weighted by molar-refractivity contribution is -0.153. The lowest BCUT2D eigenvalue weighted by atomic mass is 10.2. The van der Waals surface area contributed by atoms with Crippen LogP contribution in [0.25, 0.3) is 0 Å². The van der Waals surface area contributed by atoms with Gasteiger partial charge < -0.3 is 4.74 Å². The monoisotopic (exact) mass is 402 g/mol. The van der Waals surface area contributed by atoms with Gasteiger partial charge in [-0.15, -0.1) is 0 Å². The van der Waals surface area contributed by atoms with E-state index in [1.165, 1.54) is 20.8 Å². The normalized spacial score (nSPS) is 19.0. The van der Waals surface area contributed by atoms with Crippen LogP contribution in [0.15, 0.2) is 0 Å². The molecule has 1 saturated heterocycles. The number of hydrogen-bond donors (Lipinski definition) is 0. The van der Waals surface area contributed by atoms with Crippen molar-refractivity contribution in [2.24, 2.45) is 0 Å². The van der Waals surface area contributed by atoms with Gasteiger partial charge in [0.1, 0.15) is 5.60 Å². The molecule has 0 spiro atoms. The minimum absolute atomic E-state index is 0.253. The van der Waals surface area contributed by atoms with E-state index in [2.05, 4.69) is 4.74 Å². The third-order valence-corrected chi connectivity index (χ3v) is 7.89. The van der Waals surface area contributed by atoms with E-state index in [0.29, 0.717) is 23.6 Å².